The van der Waals surface area contributed by atoms with Crippen molar-refractivity contribution in [1.29, 1.82) is 0 Å². The minimum Gasteiger partial charge on any atom is -0.330 e. The summed E-state index contributed by atoms with van der Waals surface area (Å²) in [5.74, 6) is 1.03. The molecule has 1 aliphatic heterocycles. The van der Waals surface area contributed by atoms with Crippen LogP contribution in [-0.4, -0.2) is 26.4 Å². The molecule has 2 heterocycles. The number of hydrogen-bond acceptors (Lipinski definition) is 5. The van der Waals surface area contributed by atoms with Crippen LogP contribution in [0.3, 0.4) is 0 Å². The van der Waals surface area contributed by atoms with E-state index in [-0.39, 0.29) is 12.6 Å². The average molecular weight is 354 g/mol. The third kappa shape index (κ3) is 3.34. The second kappa shape index (κ2) is 7.06. The van der Waals surface area contributed by atoms with Gasteiger partial charge in [0.2, 0.25) is 0 Å². The zero-order valence-electron chi connectivity index (χ0n) is 12.1. The largest absolute Gasteiger partial charge is 0.330 e. The molecule has 0 bridgehead atoms. The summed E-state index contributed by atoms with van der Waals surface area (Å²) in [6, 6.07) is 6.12. The van der Waals surface area contributed by atoms with Crippen LogP contribution in [0.1, 0.15) is 22.4 Å². The molecule has 7 heteroatoms. The quantitative estimate of drug-likeness (QED) is 0.731. The predicted molar refractivity (Wildman–Crippen MR) is 94.7 cm³/mol. The number of hydrogen-bond donors (Lipinski definition) is 0. The summed E-state index contributed by atoms with van der Waals surface area (Å²) in [4.78, 5) is 14.9. The van der Waals surface area contributed by atoms with Crippen molar-refractivity contribution >= 4 is 35.1 Å². The summed E-state index contributed by atoms with van der Waals surface area (Å²) in [6.45, 7) is 2.37. The minimum absolute atomic E-state index is 0.0487. The molecule has 22 heavy (non-hydrogen) atoms. The monoisotopic (exact) mass is 353 g/mol. The highest BCUT2D eigenvalue weighted by Gasteiger charge is 2.34. The average Bonchev–Trinajstić information content (AvgIpc) is 3.16. The van der Waals surface area contributed by atoms with Gasteiger partial charge in [-0.15, -0.1) is 23.5 Å². The number of rotatable bonds is 5. The lowest BCUT2D eigenvalue weighted by Crippen LogP contribution is -2.19. The van der Waals surface area contributed by atoms with E-state index < -0.39 is 0 Å². The molecule has 0 radical (unpaired) electrons. The van der Waals surface area contributed by atoms with Gasteiger partial charge in [0.05, 0.1) is 17.0 Å². The molecule has 0 aliphatic carbocycles. The topological polar surface area (TPSA) is 47.2 Å². The van der Waals surface area contributed by atoms with Gasteiger partial charge in [0, 0.05) is 28.4 Å². The van der Waals surface area contributed by atoms with E-state index in [2.05, 4.69) is 23.2 Å². The number of halogens is 1. The fourth-order valence-corrected chi connectivity index (χ4v) is 6.52. The van der Waals surface area contributed by atoms with E-state index in [9.17, 15) is 4.91 Å². The van der Waals surface area contributed by atoms with Crippen molar-refractivity contribution in [1.82, 2.24) is 9.55 Å². The molecule has 1 fully saturated rings. The third-order valence-corrected chi connectivity index (χ3v) is 7.46. The lowest BCUT2D eigenvalue weighted by atomic mass is 10.1. The Labute approximate surface area is 143 Å². The van der Waals surface area contributed by atoms with Gasteiger partial charge in [-0.3, -0.25) is 0 Å². The van der Waals surface area contributed by atoms with Crippen molar-refractivity contribution in [2.75, 3.05) is 12.3 Å². The van der Waals surface area contributed by atoms with E-state index in [1.807, 2.05) is 46.4 Å². The Morgan fingerprint density at radius 2 is 2.41 bits per heavy atom. The lowest BCUT2D eigenvalue weighted by molar-refractivity contribution is 0.550. The van der Waals surface area contributed by atoms with Gasteiger partial charge in [0.1, 0.15) is 6.54 Å². The van der Waals surface area contributed by atoms with Crippen LogP contribution in [0.2, 0.25) is 5.02 Å². The number of aromatic nitrogens is 2. The van der Waals surface area contributed by atoms with Gasteiger partial charge in [-0.1, -0.05) is 22.8 Å². The van der Waals surface area contributed by atoms with Crippen molar-refractivity contribution in [3.63, 3.8) is 0 Å². The summed E-state index contributed by atoms with van der Waals surface area (Å²) >= 11 is 9.83. The molecule has 0 spiro atoms. The van der Waals surface area contributed by atoms with E-state index in [1.54, 1.807) is 12.5 Å². The van der Waals surface area contributed by atoms with Crippen LogP contribution < -0.4 is 0 Å². The fourth-order valence-electron chi connectivity index (χ4n) is 2.65. The fraction of sp³-hybridized carbons (Fsp3) is 0.400. The van der Waals surface area contributed by atoms with Gasteiger partial charge in [-0.05, 0) is 30.2 Å². The number of imidazole rings is 1. The van der Waals surface area contributed by atoms with Crippen LogP contribution in [0.5, 0.6) is 0 Å². The number of nitrogens with zero attached hydrogens (tertiary/aromatic N) is 3. The molecule has 1 aromatic heterocycles. The predicted octanol–water partition coefficient (Wildman–Crippen LogP) is 4.70. The van der Waals surface area contributed by atoms with Crippen molar-refractivity contribution in [2.45, 2.75) is 22.8 Å². The molecule has 3 rings (SSSR count). The van der Waals surface area contributed by atoms with Gasteiger partial charge >= 0.3 is 0 Å². The highest BCUT2D eigenvalue weighted by atomic mass is 35.5. The zero-order valence-corrected chi connectivity index (χ0v) is 14.4. The first-order valence-corrected chi connectivity index (χ1v) is 9.35. The minimum atomic E-state index is 0.0487. The SMILES string of the molecule is Cc1cc(Cl)ccc1C1CSC(C(CN=O)n2ccnc2)S1. The van der Waals surface area contributed by atoms with E-state index in [4.69, 9.17) is 11.6 Å². The Balaban J connectivity index is 1.77. The number of thioether (sulfide) groups is 2. The summed E-state index contributed by atoms with van der Waals surface area (Å²) in [6.07, 6.45) is 5.40. The molecule has 0 amide bonds. The van der Waals surface area contributed by atoms with Crippen LogP contribution in [-0.2, 0) is 0 Å². The molecule has 1 saturated heterocycles. The molecule has 2 aromatic rings. The van der Waals surface area contributed by atoms with Crippen molar-refractivity contribution < 1.29 is 0 Å². The van der Waals surface area contributed by atoms with Crippen LogP contribution >= 0.6 is 35.1 Å². The molecular formula is C15H16ClN3OS2. The van der Waals surface area contributed by atoms with Crippen molar-refractivity contribution in [3.05, 3.63) is 58.0 Å². The van der Waals surface area contributed by atoms with Crippen LogP contribution in [0.15, 0.2) is 42.1 Å². The van der Waals surface area contributed by atoms with Gasteiger partial charge in [-0.25, -0.2) is 4.98 Å². The first-order valence-electron chi connectivity index (χ1n) is 6.98. The van der Waals surface area contributed by atoms with E-state index >= 15 is 0 Å². The summed E-state index contributed by atoms with van der Waals surface area (Å²) in [5, 5.41) is 4.32. The molecule has 0 N–H and O–H groups in total. The van der Waals surface area contributed by atoms with E-state index in [0.29, 0.717) is 9.83 Å². The van der Waals surface area contributed by atoms with Gasteiger partial charge in [0.25, 0.3) is 0 Å². The normalized spacial score (nSPS) is 22.6. The van der Waals surface area contributed by atoms with Crippen LogP contribution in [0.4, 0.5) is 0 Å². The Morgan fingerprint density at radius 1 is 1.55 bits per heavy atom. The molecule has 1 aliphatic rings. The maximum absolute atomic E-state index is 10.8. The maximum Gasteiger partial charge on any atom is 0.104 e. The molecule has 3 atom stereocenters. The Hall–Kier alpha value is -0.980. The van der Waals surface area contributed by atoms with Gasteiger partial charge < -0.3 is 4.57 Å². The first-order chi connectivity index (χ1) is 10.7. The highest BCUT2D eigenvalue weighted by molar-refractivity contribution is 8.20. The summed E-state index contributed by atoms with van der Waals surface area (Å²) in [5.41, 5.74) is 2.55. The Kier molecular flexibility index (Phi) is 5.10. The number of aryl methyl sites for hydroxylation is 1. The van der Waals surface area contributed by atoms with Crippen molar-refractivity contribution in [3.8, 4) is 0 Å². The molecule has 1 aromatic carbocycles. The second-order valence-electron chi connectivity index (χ2n) is 5.22. The second-order valence-corrected chi connectivity index (χ2v) is 8.47. The standard InChI is InChI=1S/C15H16ClN3OS2/c1-10-6-11(16)2-3-12(10)14-8-21-15(22-14)13(7-18-20)19-5-4-17-9-19/h2-6,9,13-15H,7-8H2,1H3. The highest BCUT2D eigenvalue weighted by Crippen LogP contribution is 2.51. The van der Waals surface area contributed by atoms with E-state index in [0.717, 1.165) is 10.8 Å². The first kappa shape index (κ1) is 15.9. The van der Waals surface area contributed by atoms with Gasteiger partial charge in [0.15, 0.2) is 0 Å². The van der Waals surface area contributed by atoms with Gasteiger partial charge in [-0.2, -0.15) is 4.91 Å². The van der Waals surface area contributed by atoms with Crippen molar-refractivity contribution in [2.24, 2.45) is 5.18 Å². The Morgan fingerprint density at radius 3 is 3.09 bits per heavy atom. The zero-order chi connectivity index (χ0) is 15.5. The maximum atomic E-state index is 10.8. The molecule has 3 unspecified atom stereocenters. The number of benzene rings is 1. The summed E-state index contributed by atoms with van der Waals surface area (Å²) in [7, 11) is 0. The molecule has 0 saturated carbocycles. The number of nitroso groups, excluding NO2 is 1. The molecule has 4 nitrogen and oxygen atoms in total. The van der Waals surface area contributed by atoms with Crippen LogP contribution in [0, 0.1) is 11.8 Å². The smallest absolute Gasteiger partial charge is 0.104 e. The third-order valence-electron chi connectivity index (χ3n) is 3.77. The Bertz CT molecular complexity index is 650. The van der Waals surface area contributed by atoms with E-state index in [1.165, 1.54) is 11.1 Å². The lowest BCUT2D eigenvalue weighted by Gasteiger charge is -2.21. The molecular weight excluding hydrogens is 338 g/mol. The van der Waals surface area contributed by atoms with Crippen LogP contribution in [0.25, 0.3) is 0 Å². The molecule has 116 valence electrons. The summed E-state index contributed by atoms with van der Waals surface area (Å²) < 4.78 is 2.29.